The average molecular weight is 286 g/mol. The number of nitrogens with zero attached hydrogens (tertiary/aromatic N) is 6. The fourth-order valence-electron chi connectivity index (χ4n) is 3.19. The Hall–Kier alpha value is -1.86. The fraction of sp³-hybridized carbons (Fsp3) is 0.571. The molecule has 0 aromatic carbocycles. The molecule has 1 fully saturated rings. The van der Waals surface area contributed by atoms with Crippen LogP contribution < -0.4 is 0 Å². The lowest BCUT2D eigenvalue weighted by atomic mass is 10.00. The van der Waals surface area contributed by atoms with Gasteiger partial charge in [0.05, 0.1) is 42.0 Å². The maximum Gasteiger partial charge on any atom is 0.0930 e. The molecule has 4 rings (SSSR count). The van der Waals surface area contributed by atoms with Crippen molar-refractivity contribution in [3.63, 3.8) is 0 Å². The molecule has 0 aliphatic carbocycles. The van der Waals surface area contributed by atoms with E-state index in [2.05, 4.69) is 25.2 Å². The molecule has 21 heavy (non-hydrogen) atoms. The number of aryl methyl sites for hydroxylation is 1. The Morgan fingerprint density at radius 1 is 1.33 bits per heavy atom. The first-order chi connectivity index (χ1) is 10.3. The highest BCUT2D eigenvalue weighted by Gasteiger charge is 2.36. The summed E-state index contributed by atoms with van der Waals surface area (Å²) < 4.78 is 7.97. The molecule has 0 saturated carbocycles. The molecule has 0 bridgehead atoms. The Bertz CT molecular complexity index is 642. The molecule has 1 saturated heterocycles. The van der Waals surface area contributed by atoms with Gasteiger partial charge in [0, 0.05) is 32.0 Å². The van der Waals surface area contributed by atoms with Crippen molar-refractivity contribution in [2.24, 2.45) is 0 Å². The third-order valence-corrected chi connectivity index (χ3v) is 4.37. The smallest absolute Gasteiger partial charge is 0.0930 e. The van der Waals surface area contributed by atoms with Crippen LogP contribution in [0.4, 0.5) is 0 Å². The minimum absolute atomic E-state index is 0.249. The Morgan fingerprint density at radius 3 is 3.14 bits per heavy atom. The van der Waals surface area contributed by atoms with Crippen LogP contribution in [0.3, 0.4) is 0 Å². The average Bonchev–Trinajstić information content (AvgIpc) is 2.98. The minimum atomic E-state index is 0.249. The zero-order valence-electron chi connectivity index (χ0n) is 12.0. The Labute approximate surface area is 123 Å². The third-order valence-electron chi connectivity index (χ3n) is 4.37. The van der Waals surface area contributed by atoms with Crippen molar-refractivity contribution in [3.05, 3.63) is 35.7 Å². The maximum atomic E-state index is 5.93. The number of likely N-dealkylation sites (tertiary alicyclic amines) is 1. The Kier molecular flexibility index (Phi) is 3.16. The van der Waals surface area contributed by atoms with Crippen molar-refractivity contribution in [2.45, 2.75) is 38.6 Å². The quantitative estimate of drug-likeness (QED) is 0.810. The fourth-order valence-corrected chi connectivity index (χ4v) is 3.19. The van der Waals surface area contributed by atoms with Crippen LogP contribution in [-0.4, -0.2) is 49.1 Å². The highest BCUT2D eigenvalue weighted by atomic mass is 16.5. The second kappa shape index (κ2) is 5.16. The first-order valence-corrected chi connectivity index (χ1v) is 7.31. The SMILES string of the molecule is Cc1nccnc1CN1CC[C@@H]2OCc3cnnn3[C@@H]2C1. The van der Waals surface area contributed by atoms with Crippen molar-refractivity contribution in [3.8, 4) is 0 Å². The van der Waals surface area contributed by atoms with E-state index in [9.17, 15) is 0 Å². The molecule has 0 N–H and O–H groups in total. The first kappa shape index (κ1) is 12.8. The monoisotopic (exact) mass is 286 g/mol. The first-order valence-electron chi connectivity index (χ1n) is 7.31. The third kappa shape index (κ3) is 2.32. The van der Waals surface area contributed by atoms with E-state index in [-0.39, 0.29) is 12.1 Å². The predicted molar refractivity (Wildman–Crippen MR) is 74.3 cm³/mol. The van der Waals surface area contributed by atoms with Crippen LogP contribution >= 0.6 is 0 Å². The van der Waals surface area contributed by atoms with Gasteiger partial charge in [0.25, 0.3) is 0 Å². The highest BCUT2D eigenvalue weighted by Crippen LogP contribution is 2.30. The zero-order chi connectivity index (χ0) is 14.2. The molecule has 4 heterocycles. The summed E-state index contributed by atoms with van der Waals surface area (Å²) >= 11 is 0. The summed E-state index contributed by atoms with van der Waals surface area (Å²) in [6.45, 7) is 5.39. The molecular weight excluding hydrogens is 268 g/mol. The maximum absolute atomic E-state index is 5.93. The summed E-state index contributed by atoms with van der Waals surface area (Å²) in [4.78, 5) is 11.2. The van der Waals surface area contributed by atoms with E-state index in [1.807, 2.05) is 11.6 Å². The molecule has 0 radical (unpaired) electrons. The number of ether oxygens (including phenoxy) is 1. The molecule has 7 nitrogen and oxygen atoms in total. The standard InChI is InChI=1S/C14H18N6O/c1-10-12(16-4-3-15-10)7-19-5-2-14-13(8-19)20-11(9-21-14)6-17-18-20/h3-4,6,13-14H,2,5,7-9H2,1H3/t13-,14+/m1/s1. The summed E-state index contributed by atoms with van der Waals surface area (Å²) in [7, 11) is 0. The summed E-state index contributed by atoms with van der Waals surface area (Å²) in [6, 6.07) is 0.252. The van der Waals surface area contributed by atoms with E-state index in [1.165, 1.54) is 0 Å². The molecule has 7 heteroatoms. The van der Waals surface area contributed by atoms with Crippen LogP contribution in [0.5, 0.6) is 0 Å². The van der Waals surface area contributed by atoms with Crippen molar-refractivity contribution in [1.82, 2.24) is 29.9 Å². The zero-order valence-corrected chi connectivity index (χ0v) is 12.0. The molecule has 2 aliphatic rings. The topological polar surface area (TPSA) is 69.0 Å². The van der Waals surface area contributed by atoms with Crippen molar-refractivity contribution in [2.75, 3.05) is 13.1 Å². The number of rotatable bonds is 2. The lowest BCUT2D eigenvalue weighted by Gasteiger charge is -2.40. The van der Waals surface area contributed by atoms with Crippen LogP contribution in [0.2, 0.25) is 0 Å². The summed E-state index contributed by atoms with van der Waals surface area (Å²) in [5.41, 5.74) is 3.11. The molecular formula is C14H18N6O. The molecule has 0 unspecified atom stereocenters. The number of hydrogen-bond acceptors (Lipinski definition) is 6. The molecule has 2 atom stereocenters. The van der Waals surface area contributed by atoms with Gasteiger partial charge in [-0.2, -0.15) is 0 Å². The van der Waals surface area contributed by atoms with Gasteiger partial charge in [-0.3, -0.25) is 14.9 Å². The lowest BCUT2D eigenvalue weighted by Crippen LogP contribution is -2.47. The van der Waals surface area contributed by atoms with Crippen LogP contribution in [0, 0.1) is 6.92 Å². The Balaban J connectivity index is 1.52. The lowest BCUT2D eigenvalue weighted by molar-refractivity contribution is -0.0671. The van der Waals surface area contributed by atoms with Crippen LogP contribution in [-0.2, 0) is 17.9 Å². The van der Waals surface area contributed by atoms with E-state index in [1.54, 1.807) is 18.6 Å². The molecule has 2 aromatic rings. The van der Waals surface area contributed by atoms with Gasteiger partial charge in [-0.15, -0.1) is 5.10 Å². The van der Waals surface area contributed by atoms with E-state index in [4.69, 9.17) is 4.74 Å². The number of fused-ring (bicyclic) bond motifs is 3. The highest BCUT2D eigenvalue weighted by molar-refractivity contribution is 5.09. The van der Waals surface area contributed by atoms with E-state index < -0.39 is 0 Å². The van der Waals surface area contributed by atoms with Gasteiger partial charge in [-0.05, 0) is 13.3 Å². The van der Waals surface area contributed by atoms with Gasteiger partial charge in [0.15, 0.2) is 0 Å². The van der Waals surface area contributed by atoms with E-state index in [0.717, 1.165) is 43.1 Å². The molecule has 110 valence electrons. The molecule has 2 aliphatic heterocycles. The van der Waals surface area contributed by atoms with Crippen LogP contribution in [0.1, 0.15) is 29.5 Å². The molecule has 0 amide bonds. The van der Waals surface area contributed by atoms with E-state index >= 15 is 0 Å². The number of aromatic nitrogens is 5. The van der Waals surface area contributed by atoms with Crippen molar-refractivity contribution < 1.29 is 4.74 Å². The van der Waals surface area contributed by atoms with Gasteiger partial charge in [-0.25, -0.2) is 4.68 Å². The minimum Gasteiger partial charge on any atom is -0.370 e. The number of piperidine rings is 1. The van der Waals surface area contributed by atoms with Gasteiger partial charge in [-0.1, -0.05) is 5.21 Å². The van der Waals surface area contributed by atoms with Crippen molar-refractivity contribution >= 4 is 0 Å². The van der Waals surface area contributed by atoms with Gasteiger partial charge >= 0.3 is 0 Å². The van der Waals surface area contributed by atoms with Crippen LogP contribution in [0.25, 0.3) is 0 Å². The summed E-state index contributed by atoms with van der Waals surface area (Å²) in [5.74, 6) is 0. The summed E-state index contributed by atoms with van der Waals surface area (Å²) in [6.07, 6.45) is 6.56. The second-order valence-electron chi connectivity index (χ2n) is 5.70. The normalized spacial score (nSPS) is 25.4. The summed E-state index contributed by atoms with van der Waals surface area (Å²) in [5, 5.41) is 8.24. The van der Waals surface area contributed by atoms with Crippen molar-refractivity contribution in [1.29, 1.82) is 0 Å². The van der Waals surface area contributed by atoms with Gasteiger partial charge in [0.1, 0.15) is 0 Å². The largest absolute Gasteiger partial charge is 0.370 e. The van der Waals surface area contributed by atoms with E-state index in [0.29, 0.717) is 6.61 Å². The van der Waals surface area contributed by atoms with Crippen LogP contribution in [0.15, 0.2) is 18.6 Å². The molecule has 2 aromatic heterocycles. The number of hydrogen-bond donors (Lipinski definition) is 0. The Morgan fingerprint density at radius 2 is 2.24 bits per heavy atom. The van der Waals surface area contributed by atoms with Gasteiger partial charge in [0.2, 0.25) is 0 Å². The van der Waals surface area contributed by atoms with Gasteiger partial charge < -0.3 is 4.74 Å². The molecule has 0 spiro atoms. The predicted octanol–water partition coefficient (Wildman–Crippen LogP) is 0.722. The second-order valence-corrected chi connectivity index (χ2v) is 5.70.